The number of aromatic nitrogens is 2. The van der Waals surface area contributed by atoms with Crippen molar-refractivity contribution < 1.29 is 13.5 Å². The summed E-state index contributed by atoms with van der Waals surface area (Å²) in [5.41, 5.74) is 2.39. The first-order valence-electron chi connectivity index (χ1n) is 9.71. The smallest absolute Gasteiger partial charge is 0.154 e. The van der Waals surface area contributed by atoms with Crippen molar-refractivity contribution in [2.75, 3.05) is 0 Å². The summed E-state index contributed by atoms with van der Waals surface area (Å²) in [4.78, 5) is 11.2. The summed E-state index contributed by atoms with van der Waals surface area (Å²) in [7, 11) is 0. The lowest BCUT2D eigenvalue weighted by Crippen LogP contribution is -2.03. The Bertz CT molecular complexity index is 925. The van der Waals surface area contributed by atoms with Crippen molar-refractivity contribution in [2.45, 2.75) is 44.6 Å². The van der Waals surface area contributed by atoms with Crippen molar-refractivity contribution in [1.82, 2.24) is 9.97 Å². The quantitative estimate of drug-likeness (QED) is 0.353. The summed E-state index contributed by atoms with van der Waals surface area (Å²) >= 11 is 0. The normalized spacial score (nSPS) is 15.2. The number of aromatic amines is 2. The van der Waals surface area contributed by atoms with Gasteiger partial charge in [-0.1, -0.05) is 25.7 Å². The molecular weight excluding hydrogens is 396 g/mol. The van der Waals surface area contributed by atoms with Crippen molar-refractivity contribution >= 4 is 18.6 Å². The number of halogens is 3. The lowest BCUT2D eigenvalue weighted by molar-refractivity contribution is 0.468. The van der Waals surface area contributed by atoms with Gasteiger partial charge in [-0.25, -0.2) is 8.78 Å². The third-order valence-corrected chi connectivity index (χ3v) is 5.00. The van der Waals surface area contributed by atoms with E-state index in [2.05, 4.69) is 9.97 Å². The average Bonchev–Trinajstić information content (AvgIpc) is 3.24. The molecular formula is C22H24ClF2N3O. The highest BCUT2D eigenvalue weighted by atomic mass is 35.5. The minimum atomic E-state index is -0.677. The van der Waals surface area contributed by atoms with Crippen molar-refractivity contribution in [1.29, 1.82) is 0 Å². The second-order valence-electron chi connectivity index (χ2n) is 7.18. The van der Waals surface area contributed by atoms with E-state index in [0.717, 1.165) is 42.4 Å². The molecule has 4 nitrogen and oxygen atoms in total. The summed E-state index contributed by atoms with van der Waals surface area (Å²) < 4.78 is 32.9. The maximum absolute atomic E-state index is 13.5. The highest BCUT2D eigenvalue weighted by molar-refractivity contribution is 5.85. The van der Waals surface area contributed by atoms with Gasteiger partial charge in [-0.15, -0.1) is 12.4 Å². The molecule has 1 aromatic carbocycles. The molecule has 0 amide bonds. The molecule has 2 N–H and O–H groups in total. The molecule has 0 radical (unpaired) electrons. The molecule has 0 unspecified atom stereocenters. The van der Waals surface area contributed by atoms with Gasteiger partial charge < -0.3 is 14.7 Å². The number of benzene rings is 1. The van der Waals surface area contributed by atoms with Gasteiger partial charge in [0, 0.05) is 36.7 Å². The maximum Gasteiger partial charge on any atom is 0.154 e. The molecule has 1 saturated carbocycles. The molecule has 0 bridgehead atoms. The SMILES string of the molecule is Cl.Fc1cc(F)cc(Oc2cc(-c3ccc[nH]3)[nH]c2C=NC2CCCCCC2)c1. The number of nitrogens with one attached hydrogen (secondary N) is 2. The van der Waals surface area contributed by atoms with Crippen molar-refractivity contribution in [2.24, 2.45) is 4.99 Å². The van der Waals surface area contributed by atoms with Crippen LogP contribution < -0.4 is 4.74 Å². The van der Waals surface area contributed by atoms with E-state index in [4.69, 9.17) is 9.73 Å². The zero-order valence-electron chi connectivity index (χ0n) is 16.0. The van der Waals surface area contributed by atoms with E-state index >= 15 is 0 Å². The van der Waals surface area contributed by atoms with Gasteiger partial charge in [0.15, 0.2) is 5.75 Å². The Balaban J connectivity index is 0.00000240. The summed E-state index contributed by atoms with van der Waals surface area (Å²) in [6.07, 6.45) is 10.7. The predicted octanol–water partition coefficient (Wildman–Crippen LogP) is 6.64. The Kier molecular flexibility index (Phi) is 7.09. The molecule has 3 aromatic rings. The van der Waals surface area contributed by atoms with Crippen LogP contribution in [0.3, 0.4) is 0 Å². The van der Waals surface area contributed by atoms with Crippen LogP contribution in [0.4, 0.5) is 8.78 Å². The van der Waals surface area contributed by atoms with Gasteiger partial charge in [-0.2, -0.15) is 0 Å². The highest BCUT2D eigenvalue weighted by Gasteiger charge is 2.14. The molecule has 1 aliphatic rings. The van der Waals surface area contributed by atoms with E-state index in [1.165, 1.54) is 25.7 Å². The molecule has 0 spiro atoms. The van der Waals surface area contributed by atoms with E-state index in [-0.39, 0.29) is 18.2 Å². The van der Waals surface area contributed by atoms with E-state index in [1.54, 1.807) is 6.21 Å². The number of ether oxygens (including phenoxy) is 1. The molecule has 2 aromatic heterocycles. The molecule has 154 valence electrons. The van der Waals surface area contributed by atoms with Crippen molar-refractivity contribution in [3.05, 3.63) is 59.9 Å². The molecule has 2 heterocycles. The predicted molar refractivity (Wildman–Crippen MR) is 113 cm³/mol. The minimum absolute atomic E-state index is 0. The number of rotatable bonds is 5. The lowest BCUT2D eigenvalue weighted by Gasteiger charge is -2.08. The topological polar surface area (TPSA) is 53.2 Å². The Morgan fingerprint density at radius 1 is 0.966 bits per heavy atom. The van der Waals surface area contributed by atoms with Crippen LogP contribution in [-0.2, 0) is 0 Å². The third-order valence-electron chi connectivity index (χ3n) is 5.00. The van der Waals surface area contributed by atoms with Gasteiger partial charge >= 0.3 is 0 Å². The number of H-pyrrole nitrogens is 2. The molecule has 0 saturated heterocycles. The number of hydrogen-bond donors (Lipinski definition) is 2. The van der Waals surface area contributed by atoms with Crippen LogP contribution in [0.5, 0.6) is 11.5 Å². The largest absolute Gasteiger partial charge is 0.455 e. The zero-order valence-corrected chi connectivity index (χ0v) is 16.8. The average molecular weight is 420 g/mol. The lowest BCUT2D eigenvalue weighted by atomic mass is 10.1. The van der Waals surface area contributed by atoms with Crippen LogP contribution in [0, 0.1) is 11.6 Å². The van der Waals surface area contributed by atoms with Crippen molar-refractivity contribution in [3.63, 3.8) is 0 Å². The van der Waals surface area contributed by atoms with Crippen molar-refractivity contribution in [3.8, 4) is 22.9 Å². The Hall–Kier alpha value is -2.60. The number of nitrogens with zero attached hydrogens (tertiary/aromatic N) is 1. The summed E-state index contributed by atoms with van der Waals surface area (Å²) in [6, 6.07) is 9.10. The van der Waals surface area contributed by atoms with Gasteiger partial charge in [-0.3, -0.25) is 4.99 Å². The Labute approximate surface area is 174 Å². The van der Waals surface area contributed by atoms with Crippen LogP contribution in [-0.4, -0.2) is 22.2 Å². The van der Waals surface area contributed by atoms with Crippen LogP contribution >= 0.6 is 12.4 Å². The van der Waals surface area contributed by atoms with E-state index in [1.807, 2.05) is 24.4 Å². The maximum atomic E-state index is 13.5. The molecule has 7 heteroatoms. The molecule has 4 rings (SSSR count). The van der Waals surface area contributed by atoms with Gasteiger partial charge in [0.1, 0.15) is 23.1 Å². The van der Waals surface area contributed by atoms with Gasteiger partial charge in [-0.05, 0) is 25.0 Å². The fourth-order valence-electron chi connectivity index (χ4n) is 3.58. The molecule has 29 heavy (non-hydrogen) atoms. The first-order valence-corrected chi connectivity index (χ1v) is 9.71. The van der Waals surface area contributed by atoms with Gasteiger partial charge in [0.2, 0.25) is 0 Å². The van der Waals surface area contributed by atoms with E-state index in [0.29, 0.717) is 17.5 Å². The van der Waals surface area contributed by atoms with E-state index in [9.17, 15) is 8.78 Å². The van der Waals surface area contributed by atoms with Crippen LogP contribution in [0.2, 0.25) is 0 Å². The minimum Gasteiger partial charge on any atom is -0.455 e. The molecule has 1 fully saturated rings. The number of hydrogen-bond acceptors (Lipinski definition) is 2. The van der Waals surface area contributed by atoms with Crippen LogP contribution in [0.15, 0.2) is 47.6 Å². The van der Waals surface area contributed by atoms with Crippen LogP contribution in [0.25, 0.3) is 11.4 Å². The summed E-state index contributed by atoms with van der Waals surface area (Å²) in [5, 5.41) is 0. The Morgan fingerprint density at radius 3 is 2.34 bits per heavy atom. The van der Waals surface area contributed by atoms with Crippen LogP contribution in [0.1, 0.15) is 44.2 Å². The molecule has 1 aliphatic carbocycles. The zero-order chi connectivity index (χ0) is 19.3. The standard InChI is InChI=1S/C22H23F2N3O.ClH/c23-15-10-16(24)12-18(11-15)28-22-13-20(19-8-5-9-25-19)27-21(22)14-26-17-6-3-1-2-4-7-17;/h5,8-14,17,25,27H,1-4,6-7H2;1H. The monoisotopic (exact) mass is 419 g/mol. The first kappa shape index (κ1) is 21.1. The molecule has 0 atom stereocenters. The highest BCUT2D eigenvalue weighted by Crippen LogP contribution is 2.31. The fraction of sp³-hybridized carbons (Fsp3) is 0.318. The third kappa shape index (κ3) is 5.48. The first-order chi connectivity index (χ1) is 13.7. The summed E-state index contributed by atoms with van der Waals surface area (Å²) in [5.74, 6) is -0.766. The second-order valence-corrected chi connectivity index (χ2v) is 7.18. The van der Waals surface area contributed by atoms with Gasteiger partial charge in [0.25, 0.3) is 0 Å². The number of aliphatic imine (C=N–C) groups is 1. The van der Waals surface area contributed by atoms with E-state index < -0.39 is 11.6 Å². The second kappa shape index (κ2) is 9.74. The molecule has 0 aliphatic heterocycles. The van der Waals surface area contributed by atoms with Gasteiger partial charge in [0.05, 0.1) is 17.4 Å². The Morgan fingerprint density at radius 2 is 1.69 bits per heavy atom. The fourth-order valence-corrected chi connectivity index (χ4v) is 3.58. The summed E-state index contributed by atoms with van der Waals surface area (Å²) in [6.45, 7) is 0.